The minimum atomic E-state index is -0.921. The SMILES string of the molecule is CC(C)(C)C1CC(CCOc2ccc(F)c(F)c2)CCN1C(=O)O. The van der Waals surface area contributed by atoms with Crippen LogP contribution in [0.1, 0.15) is 40.0 Å². The van der Waals surface area contributed by atoms with Crippen LogP contribution in [0, 0.1) is 23.0 Å². The first-order valence-corrected chi connectivity index (χ1v) is 8.26. The summed E-state index contributed by atoms with van der Waals surface area (Å²) < 4.78 is 31.5. The van der Waals surface area contributed by atoms with E-state index in [9.17, 15) is 18.7 Å². The fraction of sp³-hybridized carbons (Fsp3) is 0.611. The Bertz CT molecular complexity index is 586. The Labute approximate surface area is 141 Å². The van der Waals surface area contributed by atoms with Crippen LogP contribution in [0.15, 0.2) is 18.2 Å². The Hall–Kier alpha value is -1.85. The van der Waals surface area contributed by atoms with Gasteiger partial charge in [-0.05, 0) is 42.7 Å². The molecule has 2 unspecified atom stereocenters. The van der Waals surface area contributed by atoms with Gasteiger partial charge in [0.1, 0.15) is 5.75 Å². The Morgan fingerprint density at radius 2 is 2.04 bits per heavy atom. The lowest BCUT2D eigenvalue weighted by Crippen LogP contribution is -2.51. The Morgan fingerprint density at radius 3 is 2.62 bits per heavy atom. The molecule has 0 bridgehead atoms. The normalized spacial score (nSPS) is 21.6. The highest BCUT2D eigenvalue weighted by atomic mass is 19.2. The van der Waals surface area contributed by atoms with Gasteiger partial charge in [-0.25, -0.2) is 13.6 Å². The third kappa shape index (κ3) is 4.58. The van der Waals surface area contributed by atoms with E-state index in [0.29, 0.717) is 24.8 Å². The Balaban J connectivity index is 1.89. The van der Waals surface area contributed by atoms with Crippen LogP contribution in [0.25, 0.3) is 0 Å². The Morgan fingerprint density at radius 1 is 1.33 bits per heavy atom. The molecule has 1 aromatic carbocycles. The van der Waals surface area contributed by atoms with Crippen molar-refractivity contribution in [2.24, 2.45) is 11.3 Å². The lowest BCUT2D eigenvalue weighted by Gasteiger charge is -2.44. The summed E-state index contributed by atoms with van der Waals surface area (Å²) in [5.74, 6) is -1.15. The van der Waals surface area contributed by atoms with Gasteiger partial charge < -0.3 is 14.7 Å². The van der Waals surface area contributed by atoms with Gasteiger partial charge in [-0.1, -0.05) is 20.8 Å². The standard InChI is InChI=1S/C18H25F2NO3/c1-18(2,3)16-10-12(6-8-21(16)17(22)23)7-9-24-13-4-5-14(19)15(20)11-13/h4-5,11-12,16H,6-10H2,1-3H3,(H,22,23). The summed E-state index contributed by atoms with van der Waals surface area (Å²) in [4.78, 5) is 12.9. The molecule has 0 radical (unpaired) electrons. The van der Waals surface area contributed by atoms with Crippen molar-refractivity contribution in [3.05, 3.63) is 29.8 Å². The molecule has 134 valence electrons. The number of carbonyl (C=O) groups is 1. The molecule has 1 saturated heterocycles. The van der Waals surface area contributed by atoms with Crippen molar-refractivity contribution in [2.75, 3.05) is 13.2 Å². The second kappa shape index (κ2) is 7.36. The van der Waals surface area contributed by atoms with Crippen LogP contribution in [0.5, 0.6) is 5.75 Å². The summed E-state index contributed by atoms with van der Waals surface area (Å²) in [5, 5.41) is 9.37. The average Bonchev–Trinajstić information content (AvgIpc) is 2.49. The molecule has 1 N–H and O–H groups in total. The van der Waals surface area contributed by atoms with Crippen molar-refractivity contribution >= 4 is 6.09 Å². The van der Waals surface area contributed by atoms with Crippen molar-refractivity contribution in [3.8, 4) is 5.75 Å². The van der Waals surface area contributed by atoms with E-state index in [1.165, 1.54) is 11.0 Å². The number of benzene rings is 1. The maximum atomic E-state index is 13.1. The number of amides is 1. The molecule has 4 nitrogen and oxygen atoms in total. The summed E-state index contributed by atoms with van der Waals surface area (Å²) in [6.07, 6.45) is 1.47. The maximum absolute atomic E-state index is 13.1. The molecular formula is C18H25F2NO3. The van der Waals surface area contributed by atoms with Crippen molar-refractivity contribution in [2.45, 2.75) is 46.1 Å². The van der Waals surface area contributed by atoms with Crippen LogP contribution in [-0.4, -0.2) is 35.3 Å². The number of halogens is 2. The van der Waals surface area contributed by atoms with Gasteiger partial charge in [0.15, 0.2) is 11.6 Å². The molecule has 0 aromatic heterocycles. The van der Waals surface area contributed by atoms with E-state index in [2.05, 4.69) is 0 Å². The smallest absolute Gasteiger partial charge is 0.407 e. The number of nitrogens with zero attached hydrogens (tertiary/aromatic N) is 1. The molecule has 6 heteroatoms. The number of rotatable bonds is 4. The van der Waals surface area contributed by atoms with Crippen LogP contribution >= 0.6 is 0 Å². The molecule has 1 aromatic rings. The van der Waals surface area contributed by atoms with Gasteiger partial charge in [-0.15, -0.1) is 0 Å². The van der Waals surface area contributed by atoms with Gasteiger partial charge >= 0.3 is 6.09 Å². The third-order valence-corrected chi connectivity index (χ3v) is 4.64. The molecule has 1 aliphatic heterocycles. The van der Waals surface area contributed by atoms with E-state index in [-0.39, 0.29) is 11.5 Å². The zero-order valence-electron chi connectivity index (χ0n) is 14.4. The number of hydrogen-bond acceptors (Lipinski definition) is 2. The summed E-state index contributed by atoms with van der Waals surface area (Å²) in [7, 11) is 0. The highest BCUT2D eigenvalue weighted by molar-refractivity contribution is 5.65. The van der Waals surface area contributed by atoms with E-state index < -0.39 is 17.7 Å². The summed E-state index contributed by atoms with van der Waals surface area (Å²) in [6, 6.07) is 3.46. The summed E-state index contributed by atoms with van der Waals surface area (Å²) in [6.45, 7) is 7.07. The molecule has 1 heterocycles. The minimum Gasteiger partial charge on any atom is -0.493 e. The van der Waals surface area contributed by atoms with Crippen molar-refractivity contribution in [1.82, 2.24) is 4.90 Å². The first-order valence-electron chi connectivity index (χ1n) is 8.26. The van der Waals surface area contributed by atoms with E-state index in [0.717, 1.165) is 31.4 Å². The first kappa shape index (κ1) is 18.5. The number of carboxylic acid groups (broad SMARTS) is 1. The topological polar surface area (TPSA) is 49.8 Å². The highest BCUT2D eigenvalue weighted by Gasteiger charge is 2.38. The predicted octanol–water partition coefficient (Wildman–Crippen LogP) is 4.54. The van der Waals surface area contributed by atoms with Gasteiger partial charge in [0.25, 0.3) is 0 Å². The van der Waals surface area contributed by atoms with Crippen LogP contribution in [0.4, 0.5) is 13.6 Å². The molecule has 1 amide bonds. The summed E-state index contributed by atoms with van der Waals surface area (Å²) >= 11 is 0. The zero-order valence-corrected chi connectivity index (χ0v) is 14.4. The largest absolute Gasteiger partial charge is 0.493 e. The molecule has 0 saturated carbocycles. The number of piperidine rings is 1. The van der Waals surface area contributed by atoms with Crippen LogP contribution in [-0.2, 0) is 0 Å². The first-order chi connectivity index (χ1) is 11.2. The highest BCUT2D eigenvalue weighted by Crippen LogP contribution is 2.35. The van der Waals surface area contributed by atoms with Crippen LogP contribution < -0.4 is 4.74 Å². The fourth-order valence-electron chi connectivity index (χ4n) is 3.26. The van der Waals surface area contributed by atoms with Crippen molar-refractivity contribution in [1.29, 1.82) is 0 Å². The monoisotopic (exact) mass is 341 g/mol. The third-order valence-electron chi connectivity index (χ3n) is 4.64. The second-order valence-corrected chi connectivity index (χ2v) is 7.46. The second-order valence-electron chi connectivity index (χ2n) is 7.46. The maximum Gasteiger partial charge on any atom is 0.407 e. The molecule has 0 spiro atoms. The Kier molecular flexibility index (Phi) is 5.67. The molecule has 2 rings (SSSR count). The molecule has 0 aliphatic carbocycles. The van der Waals surface area contributed by atoms with E-state index in [4.69, 9.17) is 4.74 Å². The van der Waals surface area contributed by atoms with Gasteiger partial charge in [0, 0.05) is 18.7 Å². The predicted molar refractivity (Wildman–Crippen MR) is 87.2 cm³/mol. The quantitative estimate of drug-likeness (QED) is 0.875. The molecule has 1 fully saturated rings. The molecule has 2 atom stereocenters. The lowest BCUT2D eigenvalue weighted by atomic mass is 9.76. The molecule has 1 aliphatic rings. The van der Waals surface area contributed by atoms with Crippen LogP contribution in [0.2, 0.25) is 0 Å². The number of likely N-dealkylation sites (tertiary alicyclic amines) is 1. The van der Waals surface area contributed by atoms with Gasteiger partial charge in [-0.2, -0.15) is 0 Å². The van der Waals surface area contributed by atoms with E-state index in [1.807, 2.05) is 20.8 Å². The zero-order chi connectivity index (χ0) is 17.9. The van der Waals surface area contributed by atoms with Gasteiger partial charge in [-0.3, -0.25) is 0 Å². The van der Waals surface area contributed by atoms with E-state index in [1.54, 1.807) is 0 Å². The molecule has 24 heavy (non-hydrogen) atoms. The minimum absolute atomic E-state index is 0.0305. The van der Waals surface area contributed by atoms with Crippen LogP contribution in [0.3, 0.4) is 0 Å². The van der Waals surface area contributed by atoms with Crippen molar-refractivity contribution < 1.29 is 23.4 Å². The fourth-order valence-corrected chi connectivity index (χ4v) is 3.26. The average molecular weight is 341 g/mol. The number of hydrogen-bond donors (Lipinski definition) is 1. The number of ether oxygens (including phenoxy) is 1. The van der Waals surface area contributed by atoms with Gasteiger partial charge in [0.05, 0.1) is 6.61 Å². The van der Waals surface area contributed by atoms with E-state index >= 15 is 0 Å². The lowest BCUT2D eigenvalue weighted by molar-refractivity contribution is 0.0364. The van der Waals surface area contributed by atoms with Crippen molar-refractivity contribution in [3.63, 3.8) is 0 Å². The molecular weight excluding hydrogens is 316 g/mol. The van der Waals surface area contributed by atoms with Gasteiger partial charge in [0.2, 0.25) is 0 Å². The summed E-state index contributed by atoms with van der Waals surface area (Å²) in [5.41, 5.74) is -0.127.